The van der Waals surface area contributed by atoms with Gasteiger partial charge in [-0.1, -0.05) is 6.07 Å². The maximum absolute atomic E-state index is 9.40. The molecule has 2 rings (SSSR count). The van der Waals surface area contributed by atoms with E-state index in [1.165, 1.54) is 5.56 Å². The van der Waals surface area contributed by atoms with Gasteiger partial charge in [-0.05, 0) is 60.3 Å². The lowest BCUT2D eigenvalue weighted by molar-refractivity contribution is 0.137. The van der Waals surface area contributed by atoms with Crippen molar-refractivity contribution in [1.29, 1.82) is 0 Å². The van der Waals surface area contributed by atoms with Crippen molar-refractivity contribution in [3.05, 3.63) is 27.7 Å². The van der Waals surface area contributed by atoms with Gasteiger partial charge in [0.2, 0.25) is 0 Å². The van der Waals surface area contributed by atoms with Gasteiger partial charge in [-0.3, -0.25) is 0 Å². The molecule has 16 heavy (non-hydrogen) atoms. The number of aliphatic hydroxyl groups excluding tert-OH is 1. The summed E-state index contributed by atoms with van der Waals surface area (Å²) in [6.07, 6.45) is 1.31. The Bertz CT molecular complexity index is 411. The first-order valence-corrected chi connectivity index (χ1v) is 6.35. The van der Waals surface area contributed by atoms with Gasteiger partial charge in [-0.25, -0.2) is 0 Å². The van der Waals surface area contributed by atoms with Gasteiger partial charge in [-0.2, -0.15) is 0 Å². The van der Waals surface area contributed by atoms with Gasteiger partial charge in [0.25, 0.3) is 0 Å². The molecular formula is C13H17BrO2. The summed E-state index contributed by atoms with van der Waals surface area (Å²) < 4.78 is 6.87. The highest BCUT2D eigenvalue weighted by Gasteiger charge is 2.31. The third-order valence-corrected chi connectivity index (χ3v) is 3.29. The summed E-state index contributed by atoms with van der Waals surface area (Å²) in [7, 11) is 0. The quantitative estimate of drug-likeness (QED) is 0.904. The fourth-order valence-electron chi connectivity index (χ4n) is 2.19. The summed E-state index contributed by atoms with van der Waals surface area (Å²) in [6, 6.07) is 4.18. The van der Waals surface area contributed by atoms with Crippen LogP contribution in [0.15, 0.2) is 16.6 Å². The number of fused-ring (bicyclic) bond motifs is 1. The van der Waals surface area contributed by atoms with Crippen LogP contribution in [0.3, 0.4) is 0 Å². The molecule has 2 nitrogen and oxygen atoms in total. The molecule has 1 heterocycles. The molecule has 0 fully saturated rings. The summed E-state index contributed by atoms with van der Waals surface area (Å²) in [5.41, 5.74) is 2.27. The summed E-state index contributed by atoms with van der Waals surface area (Å²) >= 11 is 3.53. The number of ether oxygens (including phenoxy) is 1. The van der Waals surface area contributed by atoms with Crippen molar-refractivity contribution >= 4 is 15.9 Å². The van der Waals surface area contributed by atoms with Crippen LogP contribution in [0.1, 0.15) is 31.9 Å². The fourth-order valence-corrected chi connectivity index (χ4v) is 2.82. The van der Waals surface area contributed by atoms with E-state index in [9.17, 15) is 5.11 Å². The molecule has 1 unspecified atom stereocenters. The van der Waals surface area contributed by atoms with Crippen molar-refractivity contribution in [3.63, 3.8) is 0 Å². The van der Waals surface area contributed by atoms with Gasteiger partial charge in [-0.15, -0.1) is 0 Å². The molecule has 1 aromatic rings. The Hall–Kier alpha value is -0.540. The summed E-state index contributed by atoms with van der Waals surface area (Å²) in [5.74, 6) is 0.958. The van der Waals surface area contributed by atoms with Crippen molar-refractivity contribution in [3.8, 4) is 5.75 Å². The SMILES string of the molecule is CC(O)Cc1cc(Br)c2c(c1)CC(C)(C)O2. The van der Waals surface area contributed by atoms with E-state index < -0.39 is 0 Å². The van der Waals surface area contributed by atoms with E-state index in [-0.39, 0.29) is 11.7 Å². The molecule has 0 amide bonds. The van der Waals surface area contributed by atoms with Crippen LogP contribution < -0.4 is 4.74 Å². The molecule has 1 aromatic carbocycles. The molecule has 1 aliphatic rings. The number of hydrogen-bond acceptors (Lipinski definition) is 2. The molecule has 0 saturated carbocycles. The Labute approximate surface area is 105 Å². The first-order valence-electron chi connectivity index (χ1n) is 5.56. The van der Waals surface area contributed by atoms with Crippen LogP contribution in [-0.2, 0) is 12.8 Å². The van der Waals surface area contributed by atoms with Gasteiger partial charge in [0.05, 0.1) is 10.6 Å². The third-order valence-electron chi connectivity index (χ3n) is 2.71. The van der Waals surface area contributed by atoms with E-state index in [1.807, 2.05) is 13.0 Å². The molecule has 0 saturated heterocycles. The Morgan fingerprint density at radius 1 is 1.50 bits per heavy atom. The van der Waals surface area contributed by atoms with Gasteiger partial charge in [0.1, 0.15) is 11.4 Å². The highest BCUT2D eigenvalue weighted by Crippen LogP contribution is 2.41. The average molecular weight is 285 g/mol. The van der Waals surface area contributed by atoms with Crippen LogP contribution in [0.4, 0.5) is 0 Å². The lowest BCUT2D eigenvalue weighted by atomic mass is 9.99. The normalized spacial score (nSPS) is 19.1. The average Bonchev–Trinajstić information content (AvgIpc) is 2.38. The van der Waals surface area contributed by atoms with Crippen LogP contribution in [0.25, 0.3) is 0 Å². The summed E-state index contributed by atoms with van der Waals surface area (Å²) in [5, 5.41) is 9.40. The lowest BCUT2D eigenvalue weighted by Gasteiger charge is -2.17. The number of hydrogen-bond donors (Lipinski definition) is 1. The molecule has 88 valence electrons. The molecule has 0 bridgehead atoms. The van der Waals surface area contributed by atoms with Crippen molar-refractivity contribution in [2.45, 2.75) is 45.3 Å². The molecule has 0 spiro atoms. The zero-order valence-electron chi connectivity index (χ0n) is 9.88. The fraction of sp³-hybridized carbons (Fsp3) is 0.538. The summed E-state index contributed by atoms with van der Waals surface area (Å²) in [4.78, 5) is 0. The molecule has 1 aliphatic heterocycles. The highest BCUT2D eigenvalue weighted by atomic mass is 79.9. The number of rotatable bonds is 2. The Morgan fingerprint density at radius 3 is 2.81 bits per heavy atom. The molecule has 1 atom stereocenters. The monoisotopic (exact) mass is 284 g/mol. The van der Waals surface area contributed by atoms with Crippen LogP contribution in [0, 0.1) is 0 Å². The topological polar surface area (TPSA) is 29.5 Å². The second-order valence-corrected chi connectivity index (χ2v) is 6.01. The first-order chi connectivity index (χ1) is 7.37. The predicted octanol–water partition coefficient (Wildman–Crippen LogP) is 3.09. The Morgan fingerprint density at radius 2 is 2.19 bits per heavy atom. The maximum atomic E-state index is 9.40. The van der Waals surface area contributed by atoms with Gasteiger partial charge in [0, 0.05) is 6.42 Å². The van der Waals surface area contributed by atoms with E-state index in [2.05, 4.69) is 35.8 Å². The van der Waals surface area contributed by atoms with Gasteiger partial charge in [0.15, 0.2) is 0 Å². The minimum Gasteiger partial charge on any atom is -0.486 e. The predicted molar refractivity (Wildman–Crippen MR) is 67.9 cm³/mol. The van der Waals surface area contributed by atoms with Gasteiger partial charge >= 0.3 is 0 Å². The van der Waals surface area contributed by atoms with Crippen molar-refractivity contribution in [1.82, 2.24) is 0 Å². The summed E-state index contributed by atoms with van der Waals surface area (Å²) in [6.45, 7) is 5.99. The zero-order chi connectivity index (χ0) is 11.9. The molecule has 1 N–H and O–H groups in total. The molecule has 0 radical (unpaired) electrons. The van der Waals surface area contributed by atoms with E-state index in [0.717, 1.165) is 22.2 Å². The van der Waals surface area contributed by atoms with Crippen LogP contribution >= 0.6 is 15.9 Å². The molecule has 0 aromatic heterocycles. The molecule has 0 aliphatic carbocycles. The smallest absolute Gasteiger partial charge is 0.137 e. The van der Waals surface area contributed by atoms with E-state index >= 15 is 0 Å². The minimum absolute atomic E-state index is 0.117. The third kappa shape index (κ3) is 2.41. The number of benzene rings is 1. The van der Waals surface area contributed by atoms with Crippen LogP contribution in [-0.4, -0.2) is 16.8 Å². The first kappa shape index (κ1) is 11.9. The highest BCUT2D eigenvalue weighted by molar-refractivity contribution is 9.10. The largest absolute Gasteiger partial charge is 0.486 e. The van der Waals surface area contributed by atoms with Crippen molar-refractivity contribution < 1.29 is 9.84 Å². The van der Waals surface area contributed by atoms with Crippen molar-refractivity contribution in [2.24, 2.45) is 0 Å². The van der Waals surface area contributed by atoms with E-state index in [1.54, 1.807) is 0 Å². The van der Waals surface area contributed by atoms with Crippen LogP contribution in [0.5, 0.6) is 5.75 Å². The number of aliphatic hydroxyl groups is 1. The maximum Gasteiger partial charge on any atom is 0.137 e. The number of halogens is 1. The van der Waals surface area contributed by atoms with E-state index in [4.69, 9.17) is 4.74 Å². The Kier molecular flexibility index (Phi) is 3.01. The van der Waals surface area contributed by atoms with Crippen molar-refractivity contribution in [2.75, 3.05) is 0 Å². The zero-order valence-corrected chi connectivity index (χ0v) is 11.5. The lowest BCUT2D eigenvalue weighted by Crippen LogP contribution is -2.24. The Balaban J connectivity index is 2.34. The molecule has 3 heteroatoms. The van der Waals surface area contributed by atoms with E-state index in [0.29, 0.717) is 6.42 Å². The second kappa shape index (κ2) is 4.04. The minimum atomic E-state index is -0.305. The van der Waals surface area contributed by atoms with Crippen LogP contribution in [0.2, 0.25) is 0 Å². The molecular weight excluding hydrogens is 268 g/mol. The second-order valence-electron chi connectivity index (χ2n) is 5.16. The van der Waals surface area contributed by atoms with Gasteiger partial charge < -0.3 is 9.84 Å². The standard InChI is InChI=1S/C13H17BrO2/c1-8(15)4-9-5-10-7-13(2,3)16-12(10)11(14)6-9/h5-6,8,15H,4,7H2,1-3H3.